The first-order valence-electron chi connectivity index (χ1n) is 8.02. The minimum Gasteiger partial charge on any atom is -0.493 e. The van der Waals surface area contributed by atoms with E-state index in [9.17, 15) is 9.90 Å². The van der Waals surface area contributed by atoms with Crippen molar-refractivity contribution < 1.29 is 24.0 Å². The van der Waals surface area contributed by atoms with Gasteiger partial charge < -0.3 is 14.6 Å². The van der Waals surface area contributed by atoms with E-state index in [1.165, 1.54) is 0 Å². The summed E-state index contributed by atoms with van der Waals surface area (Å²) in [4.78, 5) is 13.5. The van der Waals surface area contributed by atoms with Crippen LogP contribution in [0, 0.1) is 6.92 Å². The fourth-order valence-corrected chi connectivity index (χ4v) is 3.26. The quantitative estimate of drug-likeness (QED) is 0.847. The van der Waals surface area contributed by atoms with E-state index in [1.807, 2.05) is 19.1 Å². The highest BCUT2D eigenvalue weighted by Crippen LogP contribution is 2.39. The summed E-state index contributed by atoms with van der Waals surface area (Å²) in [6.45, 7) is 3.03. The predicted molar refractivity (Wildman–Crippen MR) is 87.7 cm³/mol. The highest BCUT2D eigenvalue weighted by molar-refractivity contribution is 5.68. The molecule has 0 aliphatic carbocycles. The van der Waals surface area contributed by atoms with E-state index in [0.717, 1.165) is 23.2 Å². The molecule has 1 aromatic carbocycles. The van der Waals surface area contributed by atoms with Crippen LogP contribution in [-0.4, -0.2) is 47.1 Å². The van der Waals surface area contributed by atoms with Gasteiger partial charge in [0.1, 0.15) is 11.4 Å². The van der Waals surface area contributed by atoms with Crippen molar-refractivity contribution in [2.24, 2.45) is 0 Å². The van der Waals surface area contributed by atoms with E-state index in [0.29, 0.717) is 30.3 Å². The van der Waals surface area contributed by atoms with Gasteiger partial charge in [-0.2, -0.15) is 0 Å². The lowest BCUT2D eigenvalue weighted by atomic mass is 9.90. The molecule has 1 unspecified atom stereocenters. The number of carboxylic acids is 1. The normalized spacial score (nSPS) is 17.2. The lowest BCUT2D eigenvalue weighted by Crippen LogP contribution is -2.36. The Kier molecular flexibility index (Phi) is 4.89. The Balaban J connectivity index is 1.98. The minimum atomic E-state index is -0.854. The topological polar surface area (TPSA) is 97.9 Å². The van der Waals surface area contributed by atoms with Crippen molar-refractivity contribution >= 4 is 5.97 Å². The smallest absolute Gasteiger partial charge is 0.305 e. The first-order valence-corrected chi connectivity index (χ1v) is 8.02. The molecule has 0 saturated carbocycles. The third kappa shape index (κ3) is 3.43. The summed E-state index contributed by atoms with van der Waals surface area (Å²) in [6, 6.07) is 3.53. The van der Waals surface area contributed by atoms with Crippen LogP contribution in [0.4, 0.5) is 0 Å². The van der Waals surface area contributed by atoms with Crippen LogP contribution < -0.4 is 9.47 Å². The monoisotopic (exact) mass is 347 g/mol. The molecular formula is C17H21N3O5. The average Bonchev–Trinajstić information content (AvgIpc) is 3.00. The molecular weight excluding hydrogens is 326 g/mol. The molecule has 1 N–H and O–H groups in total. The number of aliphatic carboxylic acids is 1. The van der Waals surface area contributed by atoms with Gasteiger partial charge in [0.05, 0.1) is 20.6 Å². The van der Waals surface area contributed by atoms with E-state index in [1.54, 1.807) is 14.2 Å². The van der Waals surface area contributed by atoms with E-state index >= 15 is 0 Å². The molecule has 1 aliphatic heterocycles. The molecule has 0 radical (unpaired) electrons. The van der Waals surface area contributed by atoms with Gasteiger partial charge in [-0.1, -0.05) is 10.3 Å². The first kappa shape index (κ1) is 17.2. The molecule has 0 fully saturated rings. The van der Waals surface area contributed by atoms with Gasteiger partial charge in [-0.05, 0) is 36.6 Å². The number of carboxylic acid groups (broad SMARTS) is 1. The van der Waals surface area contributed by atoms with Crippen molar-refractivity contribution in [3.63, 3.8) is 0 Å². The zero-order valence-electron chi connectivity index (χ0n) is 14.5. The lowest BCUT2D eigenvalue weighted by molar-refractivity contribution is -0.138. The zero-order chi connectivity index (χ0) is 18.0. The standard InChI is InChI=1S/C17H21N3O5/c1-10-13(19-25-18-10)9-20-5-4-11-6-15(23-2)16(24-3)7-12(11)14(20)8-17(21)22/h6-7,14H,4-5,8-9H2,1-3H3,(H,21,22). The Morgan fingerprint density at radius 3 is 2.64 bits per heavy atom. The molecule has 3 rings (SSSR count). The minimum absolute atomic E-state index is 0.00713. The van der Waals surface area contributed by atoms with Crippen LogP contribution in [0.15, 0.2) is 16.8 Å². The fraction of sp³-hybridized carbons (Fsp3) is 0.471. The molecule has 1 atom stereocenters. The molecule has 8 heteroatoms. The molecule has 134 valence electrons. The number of methoxy groups -OCH3 is 2. The number of ether oxygens (including phenoxy) is 2. The Labute approximate surface area is 145 Å². The highest BCUT2D eigenvalue weighted by Gasteiger charge is 2.31. The Bertz CT molecular complexity index is 774. The summed E-state index contributed by atoms with van der Waals surface area (Å²) in [5.74, 6) is 0.394. The van der Waals surface area contributed by atoms with Crippen LogP contribution in [0.25, 0.3) is 0 Å². The van der Waals surface area contributed by atoms with E-state index in [4.69, 9.17) is 14.1 Å². The van der Waals surface area contributed by atoms with E-state index < -0.39 is 5.97 Å². The molecule has 0 amide bonds. The third-order valence-electron chi connectivity index (χ3n) is 4.58. The summed E-state index contributed by atoms with van der Waals surface area (Å²) >= 11 is 0. The summed E-state index contributed by atoms with van der Waals surface area (Å²) in [6.07, 6.45) is 0.781. The largest absolute Gasteiger partial charge is 0.493 e. The van der Waals surface area contributed by atoms with Crippen molar-refractivity contribution in [1.82, 2.24) is 15.2 Å². The summed E-state index contributed by atoms with van der Waals surface area (Å²) in [7, 11) is 3.16. The van der Waals surface area contributed by atoms with Crippen LogP contribution in [0.1, 0.15) is 35.0 Å². The Morgan fingerprint density at radius 1 is 1.32 bits per heavy atom. The van der Waals surface area contributed by atoms with Crippen LogP contribution in [0.3, 0.4) is 0 Å². The Hall–Kier alpha value is -2.61. The number of aromatic nitrogens is 2. The molecule has 8 nitrogen and oxygen atoms in total. The summed E-state index contributed by atoms with van der Waals surface area (Å²) in [5.41, 5.74) is 3.46. The molecule has 1 aliphatic rings. The van der Waals surface area contributed by atoms with Crippen molar-refractivity contribution in [3.05, 3.63) is 34.6 Å². The second kappa shape index (κ2) is 7.10. The first-order chi connectivity index (χ1) is 12.0. The van der Waals surface area contributed by atoms with Gasteiger partial charge in [0.15, 0.2) is 11.5 Å². The third-order valence-corrected chi connectivity index (χ3v) is 4.58. The Morgan fingerprint density at radius 2 is 2.04 bits per heavy atom. The van der Waals surface area contributed by atoms with Gasteiger partial charge in [0.2, 0.25) is 0 Å². The van der Waals surface area contributed by atoms with E-state index in [2.05, 4.69) is 15.2 Å². The van der Waals surface area contributed by atoms with Gasteiger partial charge in [0, 0.05) is 19.1 Å². The van der Waals surface area contributed by atoms with Crippen LogP contribution in [0.2, 0.25) is 0 Å². The number of hydrogen-bond acceptors (Lipinski definition) is 7. The van der Waals surface area contributed by atoms with Crippen LogP contribution in [-0.2, 0) is 17.8 Å². The zero-order valence-corrected chi connectivity index (χ0v) is 14.5. The number of fused-ring (bicyclic) bond motifs is 1. The van der Waals surface area contributed by atoms with E-state index in [-0.39, 0.29) is 12.5 Å². The second-order valence-electron chi connectivity index (χ2n) is 6.04. The second-order valence-corrected chi connectivity index (χ2v) is 6.04. The number of rotatable bonds is 6. The lowest BCUT2D eigenvalue weighted by Gasteiger charge is -2.36. The van der Waals surface area contributed by atoms with Crippen molar-refractivity contribution in [2.75, 3.05) is 20.8 Å². The van der Waals surface area contributed by atoms with Crippen molar-refractivity contribution in [3.8, 4) is 11.5 Å². The van der Waals surface area contributed by atoms with Crippen LogP contribution >= 0.6 is 0 Å². The van der Waals surface area contributed by atoms with Gasteiger partial charge in [-0.25, -0.2) is 4.63 Å². The summed E-state index contributed by atoms with van der Waals surface area (Å²) in [5, 5.41) is 17.1. The molecule has 0 bridgehead atoms. The fourth-order valence-electron chi connectivity index (χ4n) is 3.26. The van der Waals surface area contributed by atoms with Gasteiger partial charge >= 0.3 is 5.97 Å². The van der Waals surface area contributed by atoms with Gasteiger partial charge in [-0.15, -0.1) is 0 Å². The number of nitrogens with zero attached hydrogens (tertiary/aromatic N) is 3. The van der Waals surface area contributed by atoms with Crippen molar-refractivity contribution in [1.29, 1.82) is 0 Å². The number of carbonyl (C=O) groups is 1. The average molecular weight is 347 g/mol. The number of hydrogen-bond donors (Lipinski definition) is 1. The molecule has 25 heavy (non-hydrogen) atoms. The predicted octanol–water partition coefficient (Wildman–Crippen LogP) is 1.97. The van der Waals surface area contributed by atoms with Crippen LogP contribution in [0.5, 0.6) is 11.5 Å². The number of aryl methyl sites for hydroxylation is 1. The maximum absolute atomic E-state index is 11.4. The molecule has 0 saturated heterocycles. The molecule has 1 aromatic heterocycles. The van der Waals surface area contributed by atoms with Crippen molar-refractivity contribution in [2.45, 2.75) is 32.4 Å². The maximum Gasteiger partial charge on any atom is 0.305 e. The van der Waals surface area contributed by atoms with Gasteiger partial charge in [-0.3, -0.25) is 9.69 Å². The molecule has 2 aromatic rings. The SMILES string of the molecule is COc1cc2c(cc1OC)C(CC(=O)O)N(Cc1nonc1C)CC2. The molecule has 0 spiro atoms. The summed E-state index contributed by atoms with van der Waals surface area (Å²) < 4.78 is 15.5. The highest BCUT2D eigenvalue weighted by atomic mass is 16.6. The number of benzene rings is 1. The van der Waals surface area contributed by atoms with Gasteiger partial charge in [0.25, 0.3) is 0 Å². The maximum atomic E-state index is 11.4. The molecule has 2 heterocycles.